The number of para-hydroxylation sites is 1. The molecule has 8 heteroatoms. The Bertz CT molecular complexity index is 695. The second-order valence-corrected chi connectivity index (χ2v) is 4.48. The zero-order valence-electron chi connectivity index (χ0n) is 12.5. The first-order valence-electron chi connectivity index (χ1n) is 6.80. The maximum absolute atomic E-state index is 12.8. The van der Waals surface area contributed by atoms with Crippen molar-refractivity contribution in [2.75, 3.05) is 23.7 Å². The molecule has 6 nitrogen and oxygen atoms in total. The van der Waals surface area contributed by atoms with Gasteiger partial charge in [0.25, 0.3) is 0 Å². The van der Waals surface area contributed by atoms with Gasteiger partial charge in [-0.15, -0.1) is 0 Å². The number of rotatable bonds is 6. The van der Waals surface area contributed by atoms with Crippen molar-refractivity contribution in [1.29, 1.82) is 0 Å². The summed E-state index contributed by atoms with van der Waals surface area (Å²) in [6, 6.07) is 11.6. The third-order valence-corrected chi connectivity index (χ3v) is 2.57. The molecule has 0 aliphatic carbocycles. The highest BCUT2D eigenvalue weighted by Gasteiger charge is 2.01. The van der Waals surface area contributed by atoms with Crippen molar-refractivity contribution in [3.8, 4) is 0 Å². The number of benzene rings is 2. The molecule has 0 fully saturated rings. The first kappa shape index (κ1) is 18.9. The van der Waals surface area contributed by atoms with E-state index in [1.165, 1.54) is 30.3 Å². The van der Waals surface area contributed by atoms with Crippen LogP contribution in [0.25, 0.3) is 0 Å². The summed E-state index contributed by atoms with van der Waals surface area (Å²) in [5.41, 5.74) is 0.678. The SMILES string of the molecule is O=C(O)CNc1cccc(F)c1.O=C(O)CNc1ccccc1F. The minimum Gasteiger partial charge on any atom is -0.480 e. The molecule has 0 spiro atoms. The van der Waals surface area contributed by atoms with Crippen LogP contribution in [0.3, 0.4) is 0 Å². The van der Waals surface area contributed by atoms with E-state index in [-0.39, 0.29) is 24.6 Å². The largest absolute Gasteiger partial charge is 0.480 e. The Morgan fingerprint density at radius 1 is 0.875 bits per heavy atom. The van der Waals surface area contributed by atoms with Crippen LogP contribution in [0, 0.1) is 11.6 Å². The van der Waals surface area contributed by atoms with E-state index in [0.717, 1.165) is 0 Å². The van der Waals surface area contributed by atoms with E-state index in [1.54, 1.807) is 18.2 Å². The number of carboxylic acids is 2. The topological polar surface area (TPSA) is 98.7 Å². The summed E-state index contributed by atoms with van der Waals surface area (Å²) >= 11 is 0. The van der Waals surface area contributed by atoms with Gasteiger partial charge in [0.05, 0.1) is 5.69 Å². The van der Waals surface area contributed by atoms with Gasteiger partial charge in [0.1, 0.15) is 24.7 Å². The summed E-state index contributed by atoms with van der Waals surface area (Å²) in [4.78, 5) is 20.2. The van der Waals surface area contributed by atoms with Gasteiger partial charge >= 0.3 is 11.9 Å². The predicted molar refractivity (Wildman–Crippen MR) is 85.1 cm³/mol. The Morgan fingerprint density at radius 3 is 2.08 bits per heavy atom. The fraction of sp³-hybridized carbons (Fsp3) is 0.125. The molecule has 0 saturated carbocycles. The van der Waals surface area contributed by atoms with Crippen LogP contribution in [0.4, 0.5) is 20.2 Å². The fourth-order valence-electron chi connectivity index (χ4n) is 1.55. The van der Waals surface area contributed by atoms with Crippen molar-refractivity contribution >= 4 is 23.3 Å². The quantitative estimate of drug-likeness (QED) is 0.646. The normalized spacial score (nSPS) is 9.42. The highest BCUT2D eigenvalue weighted by molar-refractivity contribution is 5.73. The Labute approximate surface area is 136 Å². The summed E-state index contributed by atoms with van der Waals surface area (Å²) < 4.78 is 25.3. The van der Waals surface area contributed by atoms with Crippen LogP contribution in [-0.4, -0.2) is 35.2 Å². The van der Waals surface area contributed by atoms with Crippen molar-refractivity contribution in [1.82, 2.24) is 0 Å². The number of hydrogen-bond donors (Lipinski definition) is 4. The Kier molecular flexibility index (Phi) is 7.69. The van der Waals surface area contributed by atoms with E-state index >= 15 is 0 Å². The zero-order chi connectivity index (χ0) is 17.9. The van der Waals surface area contributed by atoms with E-state index in [2.05, 4.69) is 10.6 Å². The first-order valence-corrected chi connectivity index (χ1v) is 6.80. The molecular weight excluding hydrogens is 322 g/mol. The predicted octanol–water partition coefficient (Wildman–Crippen LogP) is 2.64. The maximum Gasteiger partial charge on any atom is 0.322 e. The van der Waals surface area contributed by atoms with Crippen molar-refractivity contribution < 1.29 is 28.6 Å². The average Bonchev–Trinajstić information content (AvgIpc) is 2.53. The zero-order valence-corrected chi connectivity index (χ0v) is 12.5. The molecule has 2 aromatic carbocycles. The maximum atomic E-state index is 12.8. The molecule has 2 rings (SSSR count). The smallest absolute Gasteiger partial charge is 0.322 e. The standard InChI is InChI=1S/2C8H8FNO2/c9-6-2-1-3-7(4-6)10-5-8(11)12;9-6-3-1-2-4-7(6)10-5-8(11)12/h2*1-4,10H,5H2,(H,11,12). The van der Waals surface area contributed by atoms with Gasteiger partial charge in [0, 0.05) is 5.69 Å². The number of carboxylic acid groups (broad SMARTS) is 2. The number of carbonyl (C=O) groups is 2. The number of anilines is 2. The average molecular weight is 338 g/mol. The van der Waals surface area contributed by atoms with Gasteiger partial charge in [-0.1, -0.05) is 18.2 Å². The van der Waals surface area contributed by atoms with Gasteiger partial charge in [-0.05, 0) is 30.3 Å². The van der Waals surface area contributed by atoms with Crippen LogP contribution in [0.15, 0.2) is 48.5 Å². The third kappa shape index (κ3) is 7.74. The van der Waals surface area contributed by atoms with Gasteiger partial charge in [0.15, 0.2) is 0 Å². The molecule has 0 atom stereocenters. The van der Waals surface area contributed by atoms with Crippen molar-refractivity contribution in [2.45, 2.75) is 0 Å². The van der Waals surface area contributed by atoms with Gasteiger partial charge in [-0.3, -0.25) is 9.59 Å². The highest BCUT2D eigenvalue weighted by atomic mass is 19.1. The molecule has 4 N–H and O–H groups in total. The van der Waals surface area contributed by atoms with E-state index in [0.29, 0.717) is 5.69 Å². The van der Waals surface area contributed by atoms with Gasteiger partial charge < -0.3 is 20.8 Å². The van der Waals surface area contributed by atoms with Gasteiger partial charge in [0.2, 0.25) is 0 Å². The summed E-state index contributed by atoms with van der Waals surface area (Å²) in [7, 11) is 0. The molecule has 0 radical (unpaired) electrons. The van der Waals surface area contributed by atoms with E-state index in [1.807, 2.05) is 0 Å². The van der Waals surface area contributed by atoms with Crippen LogP contribution in [-0.2, 0) is 9.59 Å². The van der Waals surface area contributed by atoms with Crippen LogP contribution in [0.5, 0.6) is 0 Å². The summed E-state index contributed by atoms with van der Waals surface area (Å²) in [6.45, 7) is -0.482. The Morgan fingerprint density at radius 2 is 1.50 bits per heavy atom. The Hall–Kier alpha value is -3.16. The second-order valence-electron chi connectivity index (χ2n) is 4.48. The molecule has 128 valence electrons. The van der Waals surface area contributed by atoms with Crippen molar-refractivity contribution in [3.63, 3.8) is 0 Å². The molecule has 0 aliphatic heterocycles. The van der Waals surface area contributed by atoms with E-state index in [9.17, 15) is 18.4 Å². The van der Waals surface area contributed by atoms with Crippen LogP contribution >= 0.6 is 0 Å². The number of hydrogen-bond acceptors (Lipinski definition) is 4. The molecule has 0 saturated heterocycles. The second kappa shape index (κ2) is 9.78. The summed E-state index contributed by atoms with van der Waals surface area (Å²) in [6.07, 6.45) is 0. The third-order valence-electron chi connectivity index (χ3n) is 2.57. The lowest BCUT2D eigenvalue weighted by Crippen LogP contribution is -2.12. The first-order chi connectivity index (χ1) is 11.4. The number of halogens is 2. The molecule has 24 heavy (non-hydrogen) atoms. The molecule has 0 heterocycles. The molecule has 0 aliphatic rings. The van der Waals surface area contributed by atoms with Crippen LogP contribution in [0.2, 0.25) is 0 Å². The molecule has 0 unspecified atom stereocenters. The molecule has 0 amide bonds. The lowest BCUT2D eigenvalue weighted by molar-refractivity contribution is -0.135. The van der Waals surface area contributed by atoms with Crippen molar-refractivity contribution in [2.24, 2.45) is 0 Å². The number of aliphatic carboxylic acids is 2. The molecular formula is C16H16F2N2O4. The monoisotopic (exact) mass is 338 g/mol. The Balaban J connectivity index is 0.000000240. The fourth-order valence-corrected chi connectivity index (χ4v) is 1.55. The minimum atomic E-state index is -1.02. The highest BCUT2D eigenvalue weighted by Crippen LogP contribution is 2.11. The van der Waals surface area contributed by atoms with Gasteiger partial charge in [-0.2, -0.15) is 0 Å². The summed E-state index contributed by atoms with van der Waals surface area (Å²) in [5.74, 6) is -2.82. The lowest BCUT2D eigenvalue weighted by atomic mass is 10.3. The lowest BCUT2D eigenvalue weighted by Gasteiger charge is -2.02. The summed E-state index contributed by atoms with van der Waals surface area (Å²) in [5, 5.41) is 21.6. The van der Waals surface area contributed by atoms with Gasteiger partial charge in [-0.25, -0.2) is 8.78 Å². The van der Waals surface area contributed by atoms with E-state index in [4.69, 9.17) is 10.2 Å². The minimum absolute atomic E-state index is 0.205. The molecule has 2 aromatic rings. The molecule has 0 bridgehead atoms. The van der Waals surface area contributed by atoms with Crippen molar-refractivity contribution in [3.05, 3.63) is 60.2 Å². The number of nitrogens with one attached hydrogen (secondary N) is 2. The van der Waals surface area contributed by atoms with E-state index < -0.39 is 17.8 Å². The molecule has 0 aromatic heterocycles. The van der Waals surface area contributed by atoms with Crippen LogP contribution < -0.4 is 10.6 Å². The van der Waals surface area contributed by atoms with Crippen LogP contribution in [0.1, 0.15) is 0 Å².